The molecule has 0 saturated carbocycles. The molecule has 0 unspecified atom stereocenters. The number of para-hydroxylation sites is 1. The zero-order chi connectivity index (χ0) is 22.8. The quantitative estimate of drug-likeness (QED) is 0.418. The topological polar surface area (TPSA) is 94.9 Å². The van der Waals surface area contributed by atoms with Crippen LogP contribution in [0.15, 0.2) is 97.2 Å². The second-order valence-electron chi connectivity index (χ2n) is 7.65. The maximum Gasteiger partial charge on any atom is 0.269 e. The summed E-state index contributed by atoms with van der Waals surface area (Å²) in [5.41, 5.74) is 9.93. The molecule has 0 radical (unpaired) electrons. The van der Waals surface area contributed by atoms with E-state index >= 15 is 0 Å². The summed E-state index contributed by atoms with van der Waals surface area (Å²) in [6.07, 6.45) is 1.66. The Balaban J connectivity index is 1.37. The Morgan fingerprint density at radius 2 is 1.61 bits per heavy atom. The molecule has 0 atom stereocenters. The summed E-state index contributed by atoms with van der Waals surface area (Å²) in [6, 6.07) is 29.0. The molecule has 0 saturated heterocycles. The monoisotopic (exact) mass is 435 g/mol. The standard InChI is InChI=1S/C26H21N5O2/c27-26(33)22-14-15-31(29-22)21-12-10-20(11-13-21)28-25(32)17-30-23-9-5-4-8-19(23)16-24(30)18-6-2-1-3-7-18/h1-16H,17H2,(H2,27,33)(H,28,32). The van der Waals surface area contributed by atoms with Gasteiger partial charge in [0, 0.05) is 28.5 Å². The highest BCUT2D eigenvalue weighted by atomic mass is 16.2. The van der Waals surface area contributed by atoms with Gasteiger partial charge in [-0.15, -0.1) is 0 Å². The number of carbonyl (C=O) groups excluding carboxylic acids is 2. The number of benzene rings is 3. The van der Waals surface area contributed by atoms with Gasteiger partial charge in [-0.3, -0.25) is 9.59 Å². The number of primary amides is 1. The van der Waals surface area contributed by atoms with Gasteiger partial charge in [0.15, 0.2) is 0 Å². The molecule has 5 rings (SSSR count). The Labute approximate surface area is 190 Å². The molecule has 0 bridgehead atoms. The van der Waals surface area contributed by atoms with Gasteiger partial charge in [-0.2, -0.15) is 5.10 Å². The molecule has 5 aromatic rings. The summed E-state index contributed by atoms with van der Waals surface area (Å²) in [6.45, 7) is 0.181. The summed E-state index contributed by atoms with van der Waals surface area (Å²) < 4.78 is 3.59. The highest BCUT2D eigenvalue weighted by molar-refractivity contribution is 5.94. The average Bonchev–Trinajstić information content (AvgIpc) is 3.46. The number of amides is 2. The van der Waals surface area contributed by atoms with Crippen LogP contribution in [-0.4, -0.2) is 26.2 Å². The molecule has 33 heavy (non-hydrogen) atoms. The first-order chi connectivity index (χ1) is 16.1. The normalized spacial score (nSPS) is 10.9. The number of fused-ring (bicyclic) bond motifs is 1. The molecule has 2 amide bonds. The number of hydrogen-bond donors (Lipinski definition) is 2. The van der Waals surface area contributed by atoms with Gasteiger partial charge in [-0.25, -0.2) is 4.68 Å². The highest BCUT2D eigenvalue weighted by Gasteiger charge is 2.14. The van der Waals surface area contributed by atoms with Crippen molar-refractivity contribution >= 4 is 28.4 Å². The van der Waals surface area contributed by atoms with Crippen LogP contribution in [0.4, 0.5) is 5.69 Å². The van der Waals surface area contributed by atoms with Gasteiger partial charge in [0.25, 0.3) is 5.91 Å². The van der Waals surface area contributed by atoms with Crippen molar-refractivity contribution in [3.05, 3.63) is 103 Å². The fourth-order valence-corrected chi connectivity index (χ4v) is 3.87. The lowest BCUT2D eigenvalue weighted by Crippen LogP contribution is -2.19. The van der Waals surface area contributed by atoms with E-state index in [1.807, 2.05) is 71.3 Å². The molecule has 162 valence electrons. The Hall–Kier alpha value is -4.65. The smallest absolute Gasteiger partial charge is 0.269 e. The fourth-order valence-electron chi connectivity index (χ4n) is 3.87. The SMILES string of the molecule is NC(=O)c1ccn(-c2ccc(NC(=O)Cn3c(-c4ccccc4)cc4ccccc43)cc2)n1. The summed E-state index contributed by atoms with van der Waals surface area (Å²) in [7, 11) is 0. The first kappa shape index (κ1) is 20.3. The zero-order valence-corrected chi connectivity index (χ0v) is 17.7. The zero-order valence-electron chi connectivity index (χ0n) is 17.7. The van der Waals surface area contributed by atoms with Crippen molar-refractivity contribution in [3.8, 4) is 16.9 Å². The molecule has 0 aliphatic rings. The first-order valence-corrected chi connectivity index (χ1v) is 10.5. The van der Waals surface area contributed by atoms with Gasteiger partial charge in [0.05, 0.1) is 5.69 Å². The number of hydrogen-bond acceptors (Lipinski definition) is 3. The van der Waals surface area contributed by atoms with Crippen molar-refractivity contribution in [3.63, 3.8) is 0 Å². The van der Waals surface area contributed by atoms with Crippen molar-refractivity contribution in [1.82, 2.24) is 14.3 Å². The molecule has 7 nitrogen and oxygen atoms in total. The third kappa shape index (κ3) is 4.12. The van der Waals surface area contributed by atoms with Gasteiger partial charge >= 0.3 is 0 Å². The first-order valence-electron chi connectivity index (χ1n) is 10.5. The summed E-state index contributed by atoms with van der Waals surface area (Å²) in [4.78, 5) is 24.2. The Morgan fingerprint density at radius 1 is 0.879 bits per heavy atom. The van der Waals surface area contributed by atoms with Gasteiger partial charge in [-0.05, 0) is 48.0 Å². The van der Waals surface area contributed by atoms with Crippen molar-refractivity contribution < 1.29 is 9.59 Å². The van der Waals surface area contributed by atoms with E-state index in [0.29, 0.717) is 5.69 Å². The number of carbonyl (C=O) groups is 2. The number of nitrogens with one attached hydrogen (secondary N) is 1. The van der Waals surface area contributed by atoms with Crippen LogP contribution in [0.2, 0.25) is 0 Å². The van der Waals surface area contributed by atoms with E-state index in [1.54, 1.807) is 29.1 Å². The lowest BCUT2D eigenvalue weighted by atomic mass is 10.1. The number of aromatic nitrogens is 3. The molecule has 3 N–H and O–H groups in total. The Bertz CT molecular complexity index is 1450. The molecule has 0 aliphatic heterocycles. The van der Waals surface area contributed by atoms with E-state index in [1.165, 1.54) is 0 Å². The molecule has 7 heteroatoms. The maximum absolute atomic E-state index is 12.9. The summed E-state index contributed by atoms with van der Waals surface area (Å²) in [5.74, 6) is -0.707. The van der Waals surface area contributed by atoms with E-state index in [0.717, 1.165) is 27.8 Å². The lowest BCUT2D eigenvalue weighted by Gasteiger charge is -2.12. The van der Waals surface area contributed by atoms with E-state index in [-0.39, 0.29) is 18.1 Å². The Morgan fingerprint density at radius 3 is 2.33 bits per heavy atom. The molecule has 2 aromatic heterocycles. The third-order valence-electron chi connectivity index (χ3n) is 5.44. The number of rotatable bonds is 6. The fraction of sp³-hybridized carbons (Fsp3) is 0.0385. The van der Waals surface area contributed by atoms with Crippen LogP contribution in [0, 0.1) is 0 Å². The second kappa shape index (κ2) is 8.47. The van der Waals surface area contributed by atoms with E-state index < -0.39 is 5.91 Å². The molecule has 0 spiro atoms. The number of anilines is 1. The lowest BCUT2D eigenvalue weighted by molar-refractivity contribution is -0.116. The van der Waals surface area contributed by atoms with E-state index in [4.69, 9.17) is 5.73 Å². The molecular weight excluding hydrogens is 414 g/mol. The molecular formula is C26H21N5O2. The van der Waals surface area contributed by atoms with Crippen molar-refractivity contribution in [2.24, 2.45) is 5.73 Å². The largest absolute Gasteiger partial charge is 0.364 e. The van der Waals surface area contributed by atoms with Gasteiger partial charge < -0.3 is 15.6 Å². The van der Waals surface area contributed by atoms with Crippen LogP contribution in [0.1, 0.15) is 10.5 Å². The average molecular weight is 435 g/mol. The predicted molar refractivity (Wildman–Crippen MR) is 128 cm³/mol. The van der Waals surface area contributed by atoms with Crippen LogP contribution < -0.4 is 11.1 Å². The van der Waals surface area contributed by atoms with Gasteiger partial charge in [-0.1, -0.05) is 48.5 Å². The minimum absolute atomic E-state index is 0.128. The van der Waals surface area contributed by atoms with Crippen molar-refractivity contribution in [1.29, 1.82) is 0 Å². The number of nitrogens with zero attached hydrogens (tertiary/aromatic N) is 3. The van der Waals surface area contributed by atoms with Crippen LogP contribution in [0.25, 0.3) is 27.8 Å². The second-order valence-corrected chi connectivity index (χ2v) is 7.65. The van der Waals surface area contributed by atoms with Crippen LogP contribution in [0.3, 0.4) is 0 Å². The van der Waals surface area contributed by atoms with Crippen LogP contribution in [-0.2, 0) is 11.3 Å². The Kier molecular flexibility index (Phi) is 5.20. The van der Waals surface area contributed by atoms with Gasteiger partial charge in [0.2, 0.25) is 5.91 Å². The molecule has 2 heterocycles. The summed E-state index contributed by atoms with van der Waals surface area (Å²) in [5, 5.41) is 8.19. The summed E-state index contributed by atoms with van der Waals surface area (Å²) >= 11 is 0. The van der Waals surface area contributed by atoms with E-state index in [2.05, 4.69) is 16.5 Å². The molecule has 3 aromatic carbocycles. The highest BCUT2D eigenvalue weighted by Crippen LogP contribution is 2.28. The third-order valence-corrected chi connectivity index (χ3v) is 5.44. The van der Waals surface area contributed by atoms with E-state index in [9.17, 15) is 9.59 Å². The van der Waals surface area contributed by atoms with Crippen molar-refractivity contribution in [2.75, 3.05) is 5.32 Å². The van der Waals surface area contributed by atoms with Crippen molar-refractivity contribution in [2.45, 2.75) is 6.54 Å². The number of nitrogens with two attached hydrogens (primary N) is 1. The van der Waals surface area contributed by atoms with Crippen LogP contribution in [0.5, 0.6) is 0 Å². The minimum atomic E-state index is -0.579. The minimum Gasteiger partial charge on any atom is -0.364 e. The van der Waals surface area contributed by atoms with Crippen LogP contribution >= 0.6 is 0 Å². The predicted octanol–water partition coefficient (Wildman–Crippen LogP) is 4.23. The molecule has 0 fully saturated rings. The van der Waals surface area contributed by atoms with Gasteiger partial charge in [0.1, 0.15) is 12.2 Å². The maximum atomic E-state index is 12.9. The molecule has 0 aliphatic carbocycles.